The normalized spacial score (nSPS) is 23.7. The number of ketones is 1. The summed E-state index contributed by atoms with van der Waals surface area (Å²) >= 11 is 0. The molecular weight excluding hydrogens is 352 g/mol. The van der Waals surface area contributed by atoms with Crippen LogP contribution in [0.3, 0.4) is 0 Å². The topological polar surface area (TPSA) is 67.4 Å². The van der Waals surface area contributed by atoms with E-state index in [1.165, 1.54) is 7.11 Å². The van der Waals surface area contributed by atoms with Gasteiger partial charge in [-0.15, -0.1) is 0 Å². The van der Waals surface area contributed by atoms with Crippen LogP contribution >= 0.6 is 0 Å². The molecule has 3 atom stereocenters. The van der Waals surface area contributed by atoms with Gasteiger partial charge >= 0.3 is 5.97 Å². The summed E-state index contributed by atoms with van der Waals surface area (Å²) in [6.07, 6.45) is 0.610. The van der Waals surface area contributed by atoms with Crippen LogP contribution in [-0.2, 0) is 14.3 Å². The van der Waals surface area contributed by atoms with Gasteiger partial charge in [0.15, 0.2) is 5.78 Å². The first-order valence-electron chi connectivity index (χ1n) is 9.54. The zero-order valence-corrected chi connectivity index (χ0v) is 16.3. The first-order valence-corrected chi connectivity index (χ1v) is 9.54. The molecule has 28 heavy (non-hydrogen) atoms. The molecule has 0 saturated heterocycles. The highest BCUT2D eigenvalue weighted by Crippen LogP contribution is 2.43. The largest absolute Gasteiger partial charge is 0.468 e. The first-order chi connectivity index (χ1) is 13.5. The Morgan fingerprint density at radius 2 is 1.75 bits per heavy atom. The lowest BCUT2D eigenvalue weighted by molar-refractivity contribution is -0.151. The number of allylic oxidation sites excluding steroid dienone is 1. The van der Waals surface area contributed by atoms with Gasteiger partial charge in [-0.1, -0.05) is 48.9 Å². The van der Waals surface area contributed by atoms with Crippen molar-refractivity contribution in [3.8, 4) is 0 Å². The Bertz CT molecular complexity index is 962. The number of Topliss-reactive ketones (excluding diaryl/α,β-unsaturated/α-hetero) is 1. The highest BCUT2D eigenvalue weighted by atomic mass is 16.5. The van der Waals surface area contributed by atoms with Gasteiger partial charge in [-0.2, -0.15) is 0 Å². The van der Waals surface area contributed by atoms with E-state index in [0.29, 0.717) is 12.0 Å². The van der Waals surface area contributed by atoms with E-state index in [1.54, 1.807) is 0 Å². The number of rotatable bonds is 2. The number of fused-ring (bicyclic) bond motifs is 1. The summed E-state index contributed by atoms with van der Waals surface area (Å²) in [6, 6.07) is 15.7. The molecule has 0 radical (unpaired) electrons. The van der Waals surface area contributed by atoms with Gasteiger partial charge in [0.2, 0.25) is 0 Å². The van der Waals surface area contributed by atoms with Crippen LogP contribution < -0.4 is 10.6 Å². The summed E-state index contributed by atoms with van der Waals surface area (Å²) in [5.41, 5.74) is 5.50. The Morgan fingerprint density at radius 3 is 2.43 bits per heavy atom. The van der Waals surface area contributed by atoms with Crippen molar-refractivity contribution in [2.24, 2.45) is 11.8 Å². The van der Waals surface area contributed by atoms with Crippen molar-refractivity contribution < 1.29 is 14.3 Å². The van der Waals surface area contributed by atoms with Crippen LogP contribution in [0.1, 0.15) is 30.5 Å². The molecule has 0 fully saturated rings. The number of carbonyl (C=O) groups excluding carboxylic acids is 2. The zero-order valence-electron chi connectivity index (χ0n) is 16.3. The van der Waals surface area contributed by atoms with Crippen LogP contribution in [-0.4, -0.2) is 18.9 Å². The molecule has 2 aromatic rings. The number of para-hydroxylation sites is 2. The van der Waals surface area contributed by atoms with Crippen LogP contribution in [0, 0.1) is 18.8 Å². The third kappa shape index (κ3) is 3.07. The van der Waals surface area contributed by atoms with Gasteiger partial charge in [-0.3, -0.25) is 9.59 Å². The van der Waals surface area contributed by atoms with Gasteiger partial charge < -0.3 is 15.4 Å². The standard InChI is InChI=1S/C23H24N2O3/c1-13-8-10-15(11-9-13)21-20-18(24-16-6-4-5-7-17(16)25-21)12-14(2)19(22(20)26)23(27)28-3/h4-11,14,19,21,24-25H,12H2,1-3H3/t14-,19-,21-/m0/s1. The molecule has 1 aliphatic carbocycles. The Balaban J connectivity index is 1.87. The predicted molar refractivity (Wildman–Crippen MR) is 109 cm³/mol. The molecule has 0 spiro atoms. The number of esters is 1. The Hall–Kier alpha value is -3.08. The van der Waals surface area contributed by atoms with E-state index in [4.69, 9.17) is 4.74 Å². The first kappa shape index (κ1) is 18.3. The summed E-state index contributed by atoms with van der Waals surface area (Å²) in [4.78, 5) is 25.8. The van der Waals surface area contributed by atoms with Crippen LogP contribution in [0.15, 0.2) is 59.8 Å². The fourth-order valence-electron chi connectivity index (χ4n) is 4.14. The van der Waals surface area contributed by atoms with Gasteiger partial charge in [0, 0.05) is 11.3 Å². The second kappa shape index (κ2) is 7.15. The summed E-state index contributed by atoms with van der Waals surface area (Å²) in [5.74, 6) is -1.54. The molecule has 0 unspecified atom stereocenters. The minimum Gasteiger partial charge on any atom is -0.468 e. The monoisotopic (exact) mass is 376 g/mol. The molecule has 2 aromatic carbocycles. The predicted octanol–water partition coefficient (Wildman–Crippen LogP) is 4.23. The van der Waals surface area contributed by atoms with Crippen molar-refractivity contribution in [3.63, 3.8) is 0 Å². The number of benzene rings is 2. The minimum absolute atomic E-state index is 0.130. The lowest BCUT2D eigenvalue weighted by Crippen LogP contribution is -2.39. The number of hydrogen-bond donors (Lipinski definition) is 2. The Morgan fingerprint density at radius 1 is 1.07 bits per heavy atom. The van der Waals surface area contributed by atoms with E-state index in [1.807, 2.05) is 62.4 Å². The third-order valence-corrected chi connectivity index (χ3v) is 5.64. The van der Waals surface area contributed by atoms with Crippen LogP contribution in [0.5, 0.6) is 0 Å². The molecule has 2 N–H and O–H groups in total. The third-order valence-electron chi connectivity index (χ3n) is 5.64. The molecule has 0 aromatic heterocycles. The highest BCUT2D eigenvalue weighted by Gasteiger charge is 2.44. The van der Waals surface area contributed by atoms with Crippen molar-refractivity contribution in [2.45, 2.75) is 26.3 Å². The van der Waals surface area contributed by atoms with Crippen LogP contribution in [0.4, 0.5) is 11.4 Å². The molecule has 0 amide bonds. The average molecular weight is 376 g/mol. The van der Waals surface area contributed by atoms with E-state index in [9.17, 15) is 9.59 Å². The molecule has 1 aliphatic heterocycles. The van der Waals surface area contributed by atoms with Gasteiger partial charge in [0.1, 0.15) is 5.92 Å². The fraction of sp³-hybridized carbons (Fsp3) is 0.304. The van der Waals surface area contributed by atoms with E-state index in [0.717, 1.165) is 28.2 Å². The molecule has 4 rings (SSSR count). The number of methoxy groups -OCH3 is 1. The van der Waals surface area contributed by atoms with Crippen molar-refractivity contribution >= 4 is 23.1 Å². The summed E-state index contributed by atoms with van der Waals surface area (Å²) in [5, 5.41) is 6.98. The lowest BCUT2D eigenvalue weighted by atomic mass is 9.75. The summed E-state index contributed by atoms with van der Waals surface area (Å²) in [6.45, 7) is 3.96. The van der Waals surface area contributed by atoms with Gasteiger partial charge in [-0.25, -0.2) is 0 Å². The number of hydrogen-bond acceptors (Lipinski definition) is 5. The second-order valence-corrected chi connectivity index (χ2v) is 7.60. The summed E-state index contributed by atoms with van der Waals surface area (Å²) in [7, 11) is 1.34. The molecule has 5 nitrogen and oxygen atoms in total. The maximum atomic E-state index is 13.5. The minimum atomic E-state index is -0.776. The number of carbonyl (C=O) groups is 2. The van der Waals surface area contributed by atoms with E-state index in [-0.39, 0.29) is 17.7 Å². The lowest BCUT2D eigenvalue weighted by Gasteiger charge is -2.32. The summed E-state index contributed by atoms with van der Waals surface area (Å²) < 4.78 is 4.94. The average Bonchev–Trinajstić information content (AvgIpc) is 2.85. The van der Waals surface area contributed by atoms with Crippen LogP contribution in [0.25, 0.3) is 0 Å². The molecule has 0 saturated carbocycles. The highest BCUT2D eigenvalue weighted by molar-refractivity contribution is 6.11. The Kier molecular flexibility index (Phi) is 4.67. The van der Waals surface area contributed by atoms with Crippen molar-refractivity contribution in [1.82, 2.24) is 0 Å². The van der Waals surface area contributed by atoms with Gasteiger partial charge in [0.05, 0.1) is 24.5 Å². The number of aryl methyl sites for hydroxylation is 1. The Labute approximate surface area is 164 Å². The molecule has 144 valence electrons. The smallest absolute Gasteiger partial charge is 0.316 e. The van der Waals surface area contributed by atoms with Gasteiger partial charge in [0.25, 0.3) is 0 Å². The van der Waals surface area contributed by atoms with Crippen molar-refractivity contribution in [3.05, 3.63) is 70.9 Å². The van der Waals surface area contributed by atoms with E-state index < -0.39 is 11.9 Å². The second-order valence-electron chi connectivity index (χ2n) is 7.60. The zero-order chi connectivity index (χ0) is 19.8. The quantitative estimate of drug-likeness (QED) is 0.607. The SMILES string of the molecule is COC(=O)[C@@H]1C(=O)C2=C(C[C@@H]1C)Nc1ccccc1N[C@H]2c1ccc(C)cc1. The van der Waals surface area contributed by atoms with Gasteiger partial charge in [-0.05, 0) is 37.0 Å². The molecule has 0 bridgehead atoms. The van der Waals surface area contributed by atoms with E-state index in [2.05, 4.69) is 10.6 Å². The molecule has 2 aliphatic rings. The number of ether oxygens (including phenoxy) is 1. The maximum absolute atomic E-state index is 13.5. The fourth-order valence-corrected chi connectivity index (χ4v) is 4.14. The van der Waals surface area contributed by atoms with Crippen molar-refractivity contribution in [2.75, 3.05) is 17.7 Å². The number of anilines is 2. The molecule has 1 heterocycles. The van der Waals surface area contributed by atoms with Crippen LogP contribution in [0.2, 0.25) is 0 Å². The number of nitrogens with one attached hydrogen (secondary N) is 2. The molecule has 5 heteroatoms. The van der Waals surface area contributed by atoms with Crippen molar-refractivity contribution in [1.29, 1.82) is 0 Å². The van der Waals surface area contributed by atoms with E-state index >= 15 is 0 Å². The maximum Gasteiger partial charge on any atom is 0.316 e. The molecular formula is C23H24N2O3.